The van der Waals surface area contributed by atoms with E-state index in [-0.39, 0.29) is 6.04 Å². The summed E-state index contributed by atoms with van der Waals surface area (Å²) in [5.41, 5.74) is 4.76. The lowest BCUT2D eigenvalue weighted by atomic mass is 10.0. The second-order valence-electron chi connectivity index (χ2n) is 6.39. The minimum atomic E-state index is -0.897. The quantitative estimate of drug-likeness (QED) is 0.701. The lowest BCUT2D eigenvalue weighted by Crippen LogP contribution is -2.19. The Labute approximate surface area is 155 Å². The molecule has 5 nitrogen and oxygen atoms in total. The molecule has 0 radical (unpaired) electrons. The molecule has 1 atom stereocenters. The molecular weight excluding hydrogens is 346 g/mol. The zero-order valence-corrected chi connectivity index (χ0v) is 15.4. The predicted molar refractivity (Wildman–Crippen MR) is 104 cm³/mol. The summed E-state index contributed by atoms with van der Waals surface area (Å²) in [5, 5.41) is 18.4. The molecule has 3 heterocycles. The van der Waals surface area contributed by atoms with E-state index in [1.54, 1.807) is 11.3 Å². The fraction of sp³-hybridized carbons (Fsp3) is 0.200. The molecule has 26 heavy (non-hydrogen) atoms. The summed E-state index contributed by atoms with van der Waals surface area (Å²) in [6, 6.07) is 14.0. The molecule has 2 N–H and O–H groups in total. The number of hydrogen-bond acceptors (Lipinski definition) is 4. The van der Waals surface area contributed by atoms with E-state index >= 15 is 0 Å². The predicted octanol–water partition coefficient (Wildman–Crippen LogP) is 4.75. The van der Waals surface area contributed by atoms with Crippen LogP contribution in [-0.4, -0.2) is 21.8 Å². The van der Waals surface area contributed by atoms with Crippen LogP contribution in [0.4, 0.5) is 5.69 Å². The summed E-state index contributed by atoms with van der Waals surface area (Å²) in [6.45, 7) is 3.68. The maximum Gasteiger partial charge on any atom is 0.337 e. The third-order valence-corrected chi connectivity index (χ3v) is 5.68. The van der Waals surface area contributed by atoms with Gasteiger partial charge in [0.15, 0.2) is 0 Å². The molecule has 0 spiro atoms. The van der Waals surface area contributed by atoms with E-state index in [4.69, 9.17) is 5.10 Å². The van der Waals surface area contributed by atoms with Crippen molar-refractivity contribution in [2.75, 3.05) is 5.01 Å². The van der Waals surface area contributed by atoms with Crippen LogP contribution < -0.4 is 5.01 Å². The number of aromatic carboxylic acids is 1. The number of carbonyl (C=O) groups is 1. The van der Waals surface area contributed by atoms with Gasteiger partial charge in [0.1, 0.15) is 0 Å². The van der Waals surface area contributed by atoms with Crippen LogP contribution >= 0.6 is 11.3 Å². The molecule has 6 heteroatoms. The fourth-order valence-electron chi connectivity index (χ4n) is 3.57. The summed E-state index contributed by atoms with van der Waals surface area (Å²) in [5.74, 6) is -0.897. The van der Waals surface area contributed by atoms with Crippen molar-refractivity contribution in [1.29, 1.82) is 0 Å². The van der Waals surface area contributed by atoms with E-state index in [1.165, 1.54) is 0 Å². The van der Waals surface area contributed by atoms with Gasteiger partial charge in [-0.15, -0.1) is 11.3 Å². The Balaban J connectivity index is 1.80. The molecule has 1 aliphatic heterocycles. The number of aromatic nitrogens is 1. The van der Waals surface area contributed by atoms with Crippen molar-refractivity contribution in [2.45, 2.75) is 26.3 Å². The van der Waals surface area contributed by atoms with Crippen LogP contribution in [0.15, 0.2) is 52.9 Å². The van der Waals surface area contributed by atoms with Crippen molar-refractivity contribution in [2.24, 2.45) is 5.10 Å². The molecule has 0 saturated carbocycles. The SMILES string of the molecule is Cc1[nH]c(C2CC(c3cccs3)=NN2c2ccccc2)c(C)c1C(=O)O. The monoisotopic (exact) mass is 365 g/mol. The van der Waals surface area contributed by atoms with Crippen LogP contribution in [0.3, 0.4) is 0 Å². The summed E-state index contributed by atoms with van der Waals surface area (Å²) >= 11 is 1.67. The van der Waals surface area contributed by atoms with Gasteiger partial charge in [-0.05, 0) is 43.0 Å². The molecular formula is C20H19N3O2S. The highest BCUT2D eigenvalue weighted by Gasteiger charge is 2.34. The number of hydrazone groups is 1. The highest BCUT2D eigenvalue weighted by atomic mass is 32.1. The third-order valence-electron chi connectivity index (χ3n) is 4.76. The molecule has 3 aromatic rings. The normalized spacial score (nSPS) is 16.8. The molecule has 0 fully saturated rings. The number of rotatable bonds is 4. The number of carboxylic acid groups (broad SMARTS) is 1. The van der Waals surface area contributed by atoms with Crippen LogP contribution in [0.2, 0.25) is 0 Å². The van der Waals surface area contributed by atoms with Gasteiger partial charge in [-0.2, -0.15) is 5.10 Å². The molecule has 4 rings (SSSR count). The Hall–Kier alpha value is -2.86. The minimum Gasteiger partial charge on any atom is -0.478 e. The van der Waals surface area contributed by atoms with Crippen molar-refractivity contribution in [3.63, 3.8) is 0 Å². The summed E-state index contributed by atoms with van der Waals surface area (Å²) in [6.07, 6.45) is 0.731. The van der Waals surface area contributed by atoms with Crippen molar-refractivity contribution in [1.82, 2.24) is 4.98 Å². The number of H-pyrrole nitrogens is 1. The first-order valence-corrected chi connectivity index (χ1v) is 9.32. The maximum absolute atomic E-state index is 11.6. The molecule has 0 aliphatic carbocycles. The van der Waals surface area contributed by atoms with Gasteiger partial charge in [0.2, 0.25) is 0 Å². The van der Waals surface area contributed by atoms with Gasteiger partial charge in [0.25, 0.3) is 0 Å². The fourth-order valence-corrected chi connectivity index (χ4v) is 4.29. The van der Waals surface area contributed by atoms with Gasteiger partial charge in [-0.25, -0.2) is 4.79 Å². The van der Waals surface area contributed by atoms with Crippen LogP contribution in [-0.2, 0) is 0 Å². The topological polar surface area (TPSA) is 68.7 Å². The smallest absolute Gasteiger partial charge is 0.337 e. The average Bonchev–Trinajstić information content (AvgIpc) is 3.34. The number of para-hydroxylation sites is 1. The Morgan fingerprint density at radius 2 is 2.00 bits per heavy atom. The summed E-state index contributed by atoms with van der Waals surface area (Å²) < 4.78 is 0. The van der Waals surface area contributed by atoms with Crippen molar-refractivity contribution >= 4 is 28.7 Å². The van der Waals surface area contributed by atoms with Gasteiger partial charge in [0, 0.05) is 17.8 Å². The highest BCUT2D eigenvalue weighted by Crippen LogP contribution is 2.39. The summed E-state index contributed by atoms with van der Waals surface area (Å²) in [4.78, 5) is 16.1. The van der Waals surface area contributed by atoms with Gasteiger partial charge >= 0.3 is 5.97 Å². The number of carboxylic acids is 1. The second kappa shape index (κ2) is 6.46. The maximum atomic E-state index is 11.6. The highest BCUT2D eigenvalue weighted by molar-refractivity contribution is 7.12. The van der Waals surface area contributed by atoms with Crippen molar-refractivity contribution in [3.05, 3.63) is 75.2 Å². The average molecular weight is 365 g/mol. The van der Waals surface area contributed by atoms with Crippen LogP contribution in [0.5, 0.6) is 0 Å². The number of hydrogen-bond donors (Lipinski definition) is 2. The van der Waals surface area contributed by atoms with Crippen molar-refractivity contribution in [3.8, 4) is 0 Å². The lowest BCUT2D eigenvalue weighted by Gasteiger charge is -2.23. The number of nitrogens with one attached hydrogen (secondary N) is 1. The Kier molecular flexibility index (Phi) is 4.12. The van der Waals surface area contributed by atoms with Gasteiger partial charge in [0.05, 0.1) is 27.9 Å². The Morgan fingerprint density at radius 3 is 2.62 bits per heavy atom. The Morgan fingerprint density at radius 1 is 1.23 bits per heavy atom. The van der Waals surface area contributed by atoms with E-state index in [0.717, 1.165) is 34.0 Å². The zero-order chi connectivity index (χ0) is 18.3. The van der Waals surface area contributed by atoms with E-state index < -0.39 is 5.97 Å². The number of anilines is 1. The van der Waals surface area contributed by atoms with Crippen LogP contribution in [0.1, 0.15) is 44.6 Å². The van der Waals surface area contributed by atoms with Crippen LogP contribution in [0.25, 0.3) is 0 Å². The molecule has 1 aliphatic rings. The first-order valence-electron chi connectivity index (χ1n) is 8.44. The van der Waals surface area contributed by atoms with Crippen LogP contribution in [0, 0.1) is 13.8 Å². The number of benzene rings is 1. The number of thiophene rings is 1. The first-order chi connectivity index (χ1) is 12.6. The van der Waals surface area contributed by atoms with Crippen molar-refractivity contribution < 1.29 is 9.90 Å². The molecule has 0 amide bonds. The molecule has 2 aromatic heterocycles. The standard InChI is InChI=1S/C20H19N3O2S/c1-12-18(20(24)25)13(2)21-19(12)16-11-15(17-9-6-10-26-17)22-23(16)14-7-4-3-5-8-14/h3-10,16,21H,11H2,1-2H3,(H,24,25). The van der Waals surface area contributed by atoms with E-state index in [2.05, 4.69) is 11.1 Å². The van der Waals surface area contributed by atoms with Gasteiger partial charge < -0.3 is 10.1 Å². The largest absolute Gasteiger partial charge is 0.478 e. The number of nitrogens with zero attached hydrogens (tertiary/aromatic N) is 2. The molecule has 0 saturated heterocycles. The molecule has 1 aromatic carbocycles. The molecule has 132 valence electrons. The minimum absolute atomic E-state index is 0.0544. The summed E-state index contributed by atoms with van der Waals surface area (Å²) in [7, 11) is 0. The first kappa shape index (κ1) is 16.6. The van der Waals surface area contributed by atoms with Gasteiger partial charge in [-0.1, -0.05) is 24.3 Å². The third kappa shape index (κ3) is 2.72. The van der Waals surface area contributed by atoms with E-state index in [0.29, 0.717) is 11.3 Å². The van der Waals surface area contributed by atoms with E-state index in [1.807, 2.05) is 60.6 Å². The Bertz CT molecular complexity index is 974. The lowest BCUT2D eigenvalue weighted by molar-refractivity contribution is 0.0695. The molecule has 1 unspecified atom stereocenters. The van der Waals surface area contributed by atoms with E-state index in [9.17, 15) is 9.90 Å². The second-order valence-corrected chi connectivity index (χ2v) is 7.34. The number of aromatic amines is 1. The molecule has 0 bridgehead atoms. The number of aryl methyl sites for hydroxylation is 1. The van der Waals surface area contributed by atoms with Gasteiger partial charge in [-0.3, -0.25) is 5.01 Å². The zero-order valence-electron chi connectivity index (χ0n) is 14.6.